The predicted octanol–water partition coefficient (Wildman–Crippen LogP) is -1.46. The lowest BCUT2D eigenvalue weighted by Gasteiger charge is -2.34. The van der Waals surface area contributed by atoms with Crippen molar-refractivity contribution in [2.24, 2.45) is 16.3 Å². The Balaban J connectivity index is 2.39. The van der Waals surface area contributed by atoms with E-state index in [4.69, 9.17) is 15.6 Å². The highest BCUT2D eigenvalue weighted by molar-refractivity contribution is 7.89. The molecule has 8 heteroatoms. The van der Waals surface area contributed by atoms with Crippen LogP contribution in [0.3, 0.4) is 0 Å². The van der Waals surface area contributed by atoms with Crippen molar-refractivity contribution in [1.82, 2.24) is 5.32 Å². The molecule has 0 saturated carbocycles. The van der Waals surface area contributed by atoms with Gasteiger partial charge < -0.3 is 15.8 Å². The van der Waals surface area contributed by atoms with Gasteiger partial charge in [0.1, 0.15) is 0 Å². The number of carbonyl (C=O) groups excluding carboxylic acids is 1. The van der Waals surface area contributed by atoms with E-state index >= 15 is 0 Å². The second-order valence-electron chi connectivity index (χ2n) is 4.57. The molecule has 18 heavy (non-hydrogen) atoms. The molecule has 1 saturated heterocycles. The first-order valence-corrected chi connectivity index (χ1v) is 7.68. The van der Waals surface area contributed by atoms with Crippen LogP contribution in [0, 0.1) is 5.41 Å². The molecule has 0 aromatic carbocycles. The Hall–Kier alpha value is -0.700. The van der Waals surface area contributed by atoms with Crippen molar-refractivity contribution >= 4 is 15.9 Å². The lowest BCUT2D eigenvalue weighted by atomic mass is 9.79. The zero-order valence-electron chi connectivity index (χ0n) is 10.4. The van der Waals surface area contributed by atoms with Crippen LogP contribution in [0.2, 0.25) is 0 Å². The number of hydrogen-bond acceptors (Lipinski definition) is 5. The zero-order chi connectivity index (χ0) is 13.6. The first-order chi connectivity index (χ1) is 8.40. The Morgan fingerprint density at radius 2 is 1.94 bits per heavy atom. The molecule has 1 fully saturated rings. The minimum Gasteiger partial charge on any atom is -0.381 e. The number of hydrogen-bond donors (Lipinski definition) is 3. The van der Waals surface area contributed by atoms with Crippen molar-refractivity contribution < 1.29 is 17.9 Å². The molecule has 0 aromatic rings. The molecular formula is C10H21N3O4S. The topological polar surface area (TPSA) is 125 Å². The third kappa shape index (κ3) is 4.52. The molecule has 106 valence electrons. The van der Waals surface area contributed by atoms with Crippen LogP contribution < -0.4 is 16.2 Å². The van der Waals surface area contributed by atoms with E-state index in [1.807, 2.05) is 0 Å². The van der Waals surface area contributed by atoms with Crippen LogP contribution in [0.25, 0.3) is 0 Å². The summed E-state index contributed by atoms with van der Waals surface area (Å²) in [5, 5.41) is 7.59. The van der Waals surface area contributed by atoms with E-state index in [1.165, 1.54) is 0 Å². The van der Waals surface area contributed by atoms with Crippen LogP contribution in [0.4, 0.5) is 0 Å². The molecule has 0 spiro atoms. The number of carbonyl (C=O) groups is 1. The molecule has 5 N–H and O–H groups in total. The maximum Gasteiger partial charge on any atom is 0.227 e. The SMILES string of the molecule is NCC1(C(=O)NCCCS(N)(=O)=O)CCOCC1. The summed E-state index contributed by atoms with van der Waals surface area (Å²) in [4.78, 5) is 12.0. The molecule has 1 aliphatic rings. The van der Waals surface area contributed by atoms with Gasteiger partial charge in [-0.05, 0) is 19.3 Å². The van der Waals surface area contributed by atoms with Gasteiger partial charge in [0.15, 0.2) is 0 Å². The van der Waals surface area contributed by atoms with Crippen LogP contribution in [0.5, 0.6) is 0 Å². The molecule has 0 aromatic heterocycles. The molecule has 1 aliphatic heterocycles. The standard InChI is InChI=1S/C10H21N3O4S/c11-8-10(2-5-17-6-3-10)9(14)13-4-1-7-18(12,15)16/h1-8,11H2,(H,13,14)(H2,12,15,16). The smallest absolute Gasteiger partial charge is 0.227 e. The lowest BCUT2D eigenvalue weighted by molar-refractivity contribution is -0.135. The van der Waals surface area contributed by atoms with Crippen molar-refractivity contribution in [3.8, 4) is 0 Å². The molecule has 7 nitrogen and oxygen atoms in total. The molecule has 0 aliphatic carbocycles. The maximum atomic E-state index is 12.0. The monoisotopic (exact) mass is 279 g/mol. The second-order valence-corrected chi connectivity index (χ2v) is 6.31. The van der Waals surface area contributed by atoms with Gasteiger partial charge in [0, 0.05) is 26.3 Å². The van der Waals surface area contributed by atoms with Gasteiger partial charge in [0.2, 0.25) is 15.9 Å². The summed E-state index contributed by atoms with van der Waals surface area (Å²) in [5.41, 5.74) is 5.11. The minimum absolute atomic E-state index is 0.122. The van der Waals surface area contributed by atoms with Gasteiger partial charge >= 0.3 is 0 Å². The third-order valence-electron chi connectivity index (χ3n) is 3.21. The number of nitrogens with one attached hydrogen (secondary N) is 1. The van der Waals surface area contributed by atoms with Gasteiger partial charge in [-0.1, -0.05) is 0 Å². The molecule has 1 heterocycles. The van der Waals surface area contributed by atoms with Crippen molar-refractivity contribution in [2.45, 2.75) is 19.3 Å². The van der Waals surface area contributed by atoms with E-state index < -0.39 is 15.4 Å². The third-order valence-corrected chi connectivity index (χ3v) is 4.07. The summed E-state index contributed by atoms with van der Waals surface area (Å²) in [6, 6.07) is 0. The molecule has 0 atom stereocenters. The highest BCUT2D eigenvalue weighted by atomic mass is 32.2. The minimum atomic E-state index is -3.46. The van der Waals surface area contributed by atoms with Gasteiger partial charge in [0.25, 0.3) is 0 Å². The highest BCUT2D eigenvalue weighted by Crippen LogP contribution is 2.29. The number of nitrogens with two attached hydrogens (primary N) is 2. The number of amides is 1. The first kappa shape index (κ1) is 15.4. The summed E-state index contributed by atoms with van der Waals surface area (Å²) >= 11 is 0. The zero-order valence-corrected chi connectivity index (χ0v) is 11.2. The van der Waals surface area contributed by atoms with E-state index in [0.717, 1.165) is 0 Å². The van der Waals surface area contributed by atoms with Crippen molar-refractivity contribution in [3.63, 3.8) is 0 Å². The Bertz CT molecular complexity index is 377. The average molecular weight is 279 g/mol. The van der Waals surface area contributed by atoms with E-state index in [9.17, 15) is 13.2 Å². The van der Waals surface area contributed by atoms with Crippen LogP contribution in [-0.4, -0.2) is 46.4 Å². The van der Waals surface area contributed by atoms with Crippen molar-refractivity contribution in [2.75, 3.05) is 32.1 Å². The fourth-order valence-corrected chi connectivity index (χ4v) is 2.50. The van der Waals surface area contributed by atoms with E-state index in [-0.39, 0.29) is 24.7 Å². The molecule has 0 radical (unpaired) electrons. The number of primary sulfonamides is 1. The predicted molar refractivity (Wildman–Crippen MR) is 67.1 cm³/mol. The quantitative estimate of drug-likeness (QED) is 0.512. The van der Waals surface area contributed by atoms with Crippen molar-refractivity contribution in [1.29, 1.82) is 0 Å². The van der Waals surface area contributed by atoms with Gasteiger partial charge in [-0.2, -0.15) is 0 Å². The Kier molecular flexibility index (Phi) is 5.51. The van der Waals surface area contributed by atoms with E-state index in [1.54, 1.807) is 0 Å². The molecular weight excluding hydrogens is 258 g/mol. The lowest BCUT2D eigenvalue weighted by Crippen LogP contribution is -2.49. The summed E-state index contributed by atoms with van der Waals surface area (Å²) in [6.45, 7) is 1.62. The summed E-state index contributed by atoms with van der Waals surface area (Å²) in [7, 11) is -3.46. The van der Waals surface area contributed by atoms with Gasteiger partial charge in [0.05, 0.1) is 11.2 Å². The van der Waals surface area contributed by atoms with E-state index in [2.05, 4.69) is 5.32 Å². The molecule has 1 amide bonds. The largest absolute Gasteiger partial charge is 0.381 e. The van der Waals surface area contributed by atoms with E-state index in [0.29, 0.717) is 32.5 Å². The normalized spacial score (nSPS) is 19.4. The van der Waals surface area contributed by atoms with Gasteiger partial charge in [-0.15, -0.1) is 0 Å². The summed E-state index contributed by atoms with van der Waals surface area (Å²) in [6.07, 6.45) is 1.51. The second kappa shape index (κ2) is 6.46. The fourth-order valence-electron chi connectivity index (χ4n) is 1.95. The summed E-state index contributed by atoms with van der Waals surface area (Å²) < 4.78 is 26.7. The van der Waals surface area contributed by atoms with Crippen LogP contribution in [-0.2, 0) is 19.6 Å². The van der Waals surface area contributed by atoms with Gasteiger partial charge in [-0.25, -0.2) is 13.6 Å². The summed E-state index contributed by atoms with van der Waals surface area (Å²) in [5.74, 6) is -0.255. The van der Waals surface area contributed by atoms with Crippen molar-refractivity contribution in [3.05, 3.63) is 0 Å². The molecule has 0 bridgehead atoms. The number of rotatable bonds is 6. The average Bonchev–Trinajstić information content (AvgIpc) is 2.34. The van der Waals surface area contributed by atoms with Crippen LogP contribution >= 0.6 is 0 Å². The first-order valence-electron chi connectivity index (χ1n) is 5.96. The fraction of sp³-hybridized carbons (Fsp3) is 0.900. The Labute approximate surface area is 107 Å². The highest BCUT2D eigenvalue weighted by Gasteiger charge is 2.38. The molecule has 1 rings (SSSR count). The number of sulfonamides is 1. The van der Waals surface area contributed by atoms with Crippen LogP contribution in [0.15, 0.2) is 0 Å². The maximum absolute atomic E-state index is 12.0. The molecule has 0 unspecified atom stereocenters. The number of ether oxygens (including phenoxy) is 1. The van der Waals surface area contributed by atoms with Gasteiger partial charge in [-0.3, -0.25) is 4.79 Å². The van der Waals surface area contributed by atoms with Crippen LogP contribution in [0.1, 0.15) is 19.3 Å². The Morgan fingerprint density at radius 3 is 2.44 bits per heavy atom. The Morgan fingerprint density at radius 1 is 1.33 bits per heavy atom.